The van der Waals surface area contributed by atoms with Crippen LogP contribution in [-0.2, 0) is 0 Å². The van der Waals surface area contributed by atoms with Gasteiger partial charge < -0.3 is 4.74 Å². The predicted octanol–water partition coefficient (Wildman–Crippen LogP) is 4.27. The van der Waals surface area contributed by atoms with Crippen molar-refractivity contribution in [2.45, 2.75) is 26.4 Å². The van der Waals surface area contributed by atoms with Crippen LogP contribution in [0.5, 0.6) is 5.75 Å². The molecule has 0 aliphatic rings. The lowest BCUT2D eigenvalue weighted by molar-refractivity contribution is -0.384. The van der Waals surface area contributed by atoms with E-state index in [0.717, 1.165) is 12.0 Å². The molecule has 0 amide bonds. The van der Waals surface area contributed by atoms with Gasteiger partial charge in [0.15, 0.2) is 0 Å². The zero-order valence-electron chi connectivity index (χ0n) is 13.3. The van der Waals surface area contributed by atoms with E-state index in [1.54, 1.807) is 18.2 Å². The van der Waals surface area contributed by atoms with Crippen molar-refractivity contribution in [2.75, 3.05) is 5.43 Å². The Morgan fingerprint density at radius 3 is 2.96 bits per heavy atom. The van der Waals surface area contributed by atoms with Crippen LogP contribution in [0.15, 0.2) is 41.6 Å². The summed E-state index contributed by atoms with van der Waals surface area (Å²) in [7, 11) is 0. The zero-order chi connectivity index (χ0) is 17.5. The summed E-state index contributed by atoms with van der Waals surface area (Å²) < 4.78 is 5.69. The first-order chi connectivity index (χ1) is 11.5. The summed E-state index contributed by atoms with van der Waals surface area (Å²) in [5.41, 5.74) is 3.14. The van der Waals surface area contributed by atoms with Gasteiger partial charge in [0.2, 0.25) is 5.82 Å². The van der Waals surface area contributed by atoms with Gasteiger partial charge in [0.05, 0.1) is 22.3 Å². The van der Waals surface area contributed by atoms with Crippen molar-refractivity contribution in [2.24, 2.45) is 5.10 Å². The number of pyridine rings is 1. The number of hydrogen-bond donors (Lipinski definition) is 1. The minimum Gasteiger partial charge on any atom is -0.489 e. The predicted molar refractivity (Wildman–Crippen MR) is 93.9 cm³/mol. The van der Waals surface area contributed by atoms with Crippen LogP contribution in [0.4, 0.5) is 11.5 Å². The van der Waals surface area contributed by atoms with Gasteiger partial charge in [-0.05, 0) is 43.2 Å². The molecule has 126 valence electrons. The van der Waals surface area contributed by atoms with E-state index < -0.39 is 4.92 Å². The van der Waals surface area contributed by atoms with Gasteiger partial charge in [-0.25, -0.2) is 4.98 Å². The highest BCUT2D eigenvalue weighted by Crippen LogP contribution is 2.26. The van der Waals surface area contributed by atoms with Crippen molar-refractivity contribution < 1.29 is 9.66 Å². The fraction of sp³-hybridized carbons (Fsp3) is 0.250. The van der Waals surface area contributed by atoms with Gasteiger partial charge in [-0.1, -0.05) is 18.5 Å². The zero-order valence-corrected chi connectivity index (χ0v) is 14.0. The van der Waals surface area contributed by atoms with Gasteiger partial charge in [0.1, 0.15) is 5.75 Å². The van der Waals surface area contributed by atoms with Gasteiger partial charge in [-0.3, -0.25) is 15.5 Å². The van der Waals surface area contributed by atoms with E-state index in [9.17, 15) is 10.1 Å². The number of hydrazone groups is 1. The maximum absolute atomic E-state index is 10.9. The summed E-state index contributed by atoms with van der Waals surface area (Å²) in [4.78, 5) is 14.3. The smallest absolute Gasteiger partial charge is 0.313 e. The molecule has 1 N–H and O–H groups in total. The van der Waals surface area contributed by atoms with E-state index in [1.165, 1.54) is 24.5 Å². The number of anilines is 1. The number of nitro groups is 1. The SMILES string of the molecule is CC[C@@H](C)Oc1ccc(/C=N\Nc2ncccc2[N+](=O)[O-])cc1Cl. The molecule has 0 spiro atoms. The van der Waals surface area contributed by atoms with Crippen molar-refractivity contribution in [3.8, 4) is 5.75 Å². The number of nitrogens with one attached hydrogen (secondary N) is 1. The third kappa shape index (κ3) is 4.66. The van der Waals surface area contributed by atoms with Gasteiger partial charge in [-0.15, -0.1) is 0 Å². The largest absolute Gasteiger partial charge is 0.489 e. The highest BCUT2D eigenvalue weighted by atomic mass is 35.5. The highest BCUT2D eigenvalue weighted by Gasteiger charge is 2.13. The number of rotatable bonds is 7. The molecule has 0 fully saturated rings. The summed E-state index contributed by atoms with van der Waals surface area (Å²) in [5.74, 6) is 0.679. The summed E-state index contributed by atoms with van der Waals surface area (Å²) in [6.45, 7) is 4.00. The van der Waals surface area contributed by atoms with Crippen LogP contribution in [0.2, 0.25) is 5.02 Å². The van der Waals surface area contributed by atoms with Gasteiger partial charge in [-0.2, -0.15) is 5.10 Å². The number of halogens is 1. The molecule has 2 aromatic rings. The molecule has 1 aromatic heterocycles. The molecule has 0 radical (unpaired) electrons. The third-order valence-electron chi connectivity index (χ3n) is 3.23. The summed E-state index contributed by atoms with van der Waals surface area (Å²) in [6.07, 6.45) is 3.90. The van der Waals surface area contributed by atoms with Crippen molar-refractivity contribution in [1.29, 1.82) is 0 Å². The van der Waals surface area contributed by atoms with Crippen molar-refractivity contribution in [3.05, 3.63) is 57.2 Å². The van der Waals surface area contributed by atoms with E-state index in [2.05, 4.69) is 15.5 Å². The maximum Gasteiger partial charge on any atom is 0.313 e. The van der Waals surface area contributed by atoms with Gasteiger partial charge in [0.25, 0.3) is 0 Å². The van der Waals surface area contributed by atoms with E-state index >= 15 is 0 Å². The first kappa shape index (κ1) is 17.7. The average Bonchev–Trinajstić information content (AvgIpc) is 2.57. The molecule has 0 aliphatic carbocycles. The first-order valence-corrected chi connectivity index (χ1v) is 7.73. The van der Waals surface area contributed by atoms with Crippen LogP contribution >= 0.6 is 11.6 Å². The lowest BCUT2D eigenvalue weighted by atomic mass is 10.2. The van der Waals surface area contributed by atoms with Gasteiger partial charge >= 0.3 is 5.69 Å². The van der Waals surface area contributed by atoms with Crippen molar-refractivity contribution in [3.63, 3.8) is 0 Å². The lowest BCUT2D eigenvalue weighted by Gasteiger charge is -2.13. The number of hydrogen-bond acceptors (Lipinski definition) is 6. The molecular weight excluding hydrogens is 332 g/mol. The molecule has 7 nitrogen and oxygen atoms in total. The van der Waals surface area contributed by atoms with Crippen LogP contribution in [0, 0.1) is 10.1 Å². The average molecular weight is 349 g/mol. The molecule has 0 saturated heterocycles. The molecule has 1 atom stereocenters. The van der Waals surface area contributed by atoms with E-state index in [1.807, 2.05) is 13.8 Å². The third-order valence-corrected chi connectivity index (χ3v) is 3.52. The van der Waals surface area contributed by atoms with Gasteiger partial charge in [0, 0.05) is 12.3 Å². The highest BCUT2D eigenvalue weighted by molar-refractivity contribution is 6.32. The normalized spacial score (nSPS) is 12.1. The fourth-order valence-electron chi connectivity index (χ4n) is 1.79. The Balaban J connectivity index is 2.08. The molecule has 2 rings (SSSR count). The second kappa shape index (κ2) is 8.26. The molecule has 0 saturated carbocycles. The molecule has 8 heteroatoms. The first-order valence-electron chi connectivity index (χ1n) is 7.36. The van der Waals surface area contributed by atoms with E-state index in [4.69, 9.17) is 16.3 Å². The quantitative estimate of drug-likeness (QED) is 0.458. The Bertz CT molecular complexity index is 752. The lowest BCUT2D eigenvalue weighted by Crippen LogP contribution is -2.10. The molecule has 24 heavy (non-hydrogen) atoms. The number of nitrogens with zero attached hydrogens (tertiary/aromatic N) is 3. The maximum atomic E-state index is 10.9. The van der Waals surface area contributed by atoms with Crippen LogP contribution < -0.4 is 10.2 Å². The second-order valence-corrected chi connectivity index (χ2v) is 5.43. The monoisotopic (exact) mass is 348 g/mol. The Morgan fingerprint density at radius 1 is 1.50 bits per heavy atom. The molecule has 0 aliphatic heterocycles. The van der Waals surface area contributed by atoms with Crippen LogP contribution in [0.3, 0.4) is 0 Å². The summed E-state index contributed by atoms with van der Waals surface area (Å²) in [5, 5.41) is 15.3. The second-order valence-electron chi connectivity index (χ2n) is 5.02. The Hall–Kier alpha value is -2.67. The Morgan fingerprint density at radius 2 is 2.29 bits per heavy atom. The van der Waals surface area contributed by atoms with Crippen molar-refractivity contribution >= 4 is 29.3 Å². The standard InChI is InChI=1S/C16H17ClN4O3/c1-3-11(2)24-15-7-6-12(9-13(15)17)10-19-20-16-14(21(22)23)5-4-8-18-16/h4-11H,3H2,1-2H3,(H,18,20)/b19-10-/t11-/m1/s1. The number of ether oxygens (including phenoxy) is 1. The fourth-order valence-corrected chi connectivity index (χ4v) is 2.02. The molecular formula is C16H17ClN4O3. The van der Waals surface area contributed by atoms with Crippen LogP contribution in [0.25, 0.3) is 0 Å². The summed E-state index contributed by atoms with van der Waals surface area (Å²) in [6, 6.07) is 8.10. The van der Waals surface area contributed by atoms with Crippen molar-refractivity contribution in [1.82, 2.24) is 4.98 Å². The molecule has 1 heterocycles. The van der Waals surface area contributed by atoms with E-state index in [0.29, 0.717) is 10.8 Å². The number of benzene rings is 1. The Labute approximate surface area is 144 Å². The summed E-state index contributed by atoms with van der Waals surface area (Å²) >= 11 is 6.18. The molecule has 1 aromatic carbocycles. The van der Waals surface area contributed by atoms with Crippen LogP contribution in [-0.4, -0.2) is 22.2 Å². The van der Waals surface area contributed by atoms with E-state index in [-0.39, 0.29) is 17.6 Å². The minimum atomic E-state index is -0.525. The number of aromatic nitrogens is 1. The molecule has 0 unspecified atom stereocenters. The topological polar surface area (TPSA) is 89.7 Å². The Kier molecular flexibility index (Phi) is 6.08. The molecule has 0 bridgehead atoms. The van der Waals surface area contributed by atoms with Crippen LogP contribution in [0.1, 0.15) is 25.8 Å². The minimum absolute atomic E-state index is 0.0709.